The summed E-state index contributed by atoms with van der Waals surface area (Å²) >= 11 is 5.98. The summed E-state index contributed by atoms with van der Waals surface area (Å²) < 4.78 is 4.65. The van der Waals surface area contributed by atoms with Crippen LogP contribution in [0, 0.1) is 12.8 Å². The van der Waals surface area contributed by atoms with Gasteiger partial charge in [0.2, 0.25) is 5.91 Å². The van der Waals surface area contributed by atoms with Gasteiger partial charge in [0.15, 0.2) is 5.15 Å². The fraction of sp³-hybridized carbons (Fsp3) is 0.417. The molecule has 1 fully saturated rings. The normalized spacial score (nSPS) is 19.2. The van der Waals surface area contributed by atoms with Crippen molar-refractivity contribution < 1.29 is 14.3 Å². The monoisotopic (exact) mass is 268 g/mol. The Kier molecular flexibility index (Phi) is 3.52. The number of carbonyl (C=O) groups is 2. The molecule has 2 heterocycles. The number of hydrogen-bond donors (Lipinski definition) is 0. The summed E-state index contributed by atoms with van der Waals surface area (Å²) in [5, 5.41) is 0.263. The van der Waals surface area contributed by atoms with Gasteiger partial charge in [0.05, 0.1) is 18.7 Å². The molecule has 6 heteroatoms. The van der Waals surface area contributed by atoms with Crippen molar-refractivity contribution in [2.45, 2.75) is 13.3 Å². The number of aromatic nitrogens is 1. The number of ether oxygens (including phenoxy) is 1. The Bertz CT molecular complexity index is 504. The first-order chi connectivity index (χ1) is 8.52. The largest absolute Gasteiger partial charge is 0.469 e. The third kappa shape index (κ3) is 2.31. The molecule has 1 unspecified atom stereocenters. The molecule has 0 saturated carbocycles. The van der Waals surface area contributed by atoms with E-state index in [9.17, 15) is 9.59 Å². The number of aryl methyl sites for hydroxylation is 1. The molecule has 1 atom stereocenters. The highest BCUT2D eigenvalue weighted by molar-refractivity contribution is 6.32. The van der Waals surface area contributed by atoms with Crippen LogP contribution < -0.4 is 4.90 Å². The van der Waals surface area contributed by atoms with Crippen LogP contribution in [0.2, 0.25) is 5.15 Å². The molecule has 1 aromatic rings. The Morgan fingerprint density at radius 3 is 3.00 bits per heavy atom. The van der Waals surface area contributed by atoms with Crippen molar-refractivity contribution in [3.8, 4) is 0 Å². The average molecular weight is 269 g/mol. The molecule has 1 aliphatic rings. The maximum absolute atomic E-state index is 11.9. The van der Waals surface area contributed by atoms with E-state index >= 15 is 0 Å². The first-order valence-electron chi connectivity index (χ1n) is 5.53. The molecule has 2 rings (SSSR count). The van der Waals surface area contributed by atoms with Crippen LogP contribution in [0.4, 0.5) is 5.69 Å². The van der Waals surface area contributed by atoms with Crippen molar-refractivity contribution in [3.63, 3.8) is 0 Å². The Labute approximate surface area is 110 Å². The molecule has 0 bridgehead atoms. The van der Waals surface area contributed by atoms with Crippen LogP contribution in [0.15, 0.2) is 12.3 Å². The summed E-state index contributed by atoms with van der Waals surface area (Å²) in [6.07, 6.45) is 1.78. The van der Waals surface area contributed by atoms with Gasteiger partial charge >= 0.3 is 5.97 Å². The Hall–Kier alpha value is -1.62. The molecular formula is C12H13ClN2O3. The van der Waals surface area contributed by atoms with Gasteiger partial charge in [-0.1, -0.05) is 11.6 Å². The number of hydrogen-bond acceptors (Lipinski definition) is 4. The lowest BCUT2D eigenvalue weighted by atomic mass is 10.1. The van der Waals surface area contributed by atoms with Gasteiger partial charge in [-0.3, -0.25) is 9.59 Å². The van der Waals surface area contributed by atoms with E-state index < -0.39 is 5.92 Å². The SMILES string of the molecule is COC(=O)C1CC(=O)N(c2cc(C)cnc2Cl)C1. The summed E-state index contributed by atoms with van der Waals surface area (Å²) in [4.78, 5) is 28.8. The second kappa shape index (κ2) is 4.94. The van der Waals surface area contributed by atoms with Crippen LogP contribution in [-0.4, -0.2) is 30.5 Å². The number of anilines is 1. The van der Waals surface area contributed by atoms with Crippen LogP contribution in [0.3, 0.4) is 0 Å². The van der Waals surface area contributed by atoms with Crippen LogP contribution in [0.25, 0.3) is 0 Å². The van der Waals surface area contributed by atoms with Crippen LogP contribution in [0.1, 0.15) is 12.0 Å². The zero-order valence-electron chi connectivity index (χ0n) is 10.1. The van der Waals surface area contributed by atoms with Crippen LogP contribution in [-0.2, 0) is 14.3 Å². The van der Waals surface area contributed by atoms with Gasteiger partial charge in [-0.25, -0.2) is 4.98 Å². The number of methoxy groups -OCH3 is 1. The van der Waals surface area contributed by atoms with E-state index in [2.05, 4.69) is 9.72 Å². The minimum Gasteiger partial charge on any atom is -0.469 e. The number of pyridine rings is 1. The number of halogens is 1. The van der Waals surface area contributed by atoms with Crippen molar-refractivity contribution in [2.24, 2.45) is 5.92 Å². The van der Waals surface area contributed by atoms with Gasteiger partial charge in [0.25, 0.3) is 0 Å². The number of esters is 1. The maximum atomic E-state index is 11.9. The fourth-order valence-corrected chi connectivity index (χ4v) is 2.20. The van der Waals surface area contributed by atoms with Crippen molar-refractivity contribution in [1.29, 1.82) is 0 Å². The standard InChI is InChI=1S/C12H13ClN2O3/c1-7-3-9(11(13)14-5-7)15-6-8(4-10(15)16)12(17)18-2/h3,5,8H,4,6H2,1-2H3. The topological polar surface area (TPSA) is 59.5 Å². The molecule has 0 aromatic carbocycles. The Morgan fingerprint density at radius 2 is 2.33 bits per heavy atom. The van der Waals surface area contributed by atoms with Crippen LogP contribution >= 0.6 is 11.6 Å². The molecule has 0 radical (unpaired) electrons. The first-order valence-corrected chi connectivity index (χ1v) is 5.91. The number of carbonyl (C=O) groups excluding carboxylic acids is 2. The molecule has 1 saturated heterocycles. The Balaban J connectivity index is 2.27. The van der Waals surface area contributed by atoms with Gasteiger partial charge in [-0.2, -0.15) is 0 Å². The van der Waals surface area contributed by atoms with Crippen LogP contribution in [0.5, 0.6) is 0 Å². The summed E-state index contributed by atoms with van der Waals surface area (Å²) in [5.41, 5.74) is 1.46. The second-order valence-electron chi connectivity index (χ2n) is 4.25. The molecule has 1 aliphatic heterocycles. The molecular weight excluding hydrogens is 256 g/mol. The minimum atomic E-state index is -0.431. The number of nitrogens with zero attached hydrogens (tertiary/aromatic N) is 2. The molecule has 0 N–H and O–H groups in total. The highest BCUT2D eigenvalue weighted by Crippen LogP contribution is 2.30. The zero-order valence-corrected chi connectivity index (χ0v) is 10.9. The van der Waals surface area contributed by atoms with E-state index in [4.69, 9.17) is 11.6 Å². The molecule has 5 nitrogen and oxygen atoms in total. The quantitative estimate of drug-likeness (QED) is 0.603. The van der Waals surface area contributed by atoms with Crippen molar-refractivity contribution in [3.05, 3.63) is 23.0 Å². The lowest BCUT2D eigenvalue weighted by Crippen LogP contribution is -2.26. The van der Waals surface area contributed by atoms with E-state index in [1.54, 1.807) is 12.3 Å². The lowest BCUT2D eigenvalue weighted by molar-refractivity contribution is -0.145. The highest BCUT2D eigenvalue weighted by atomic mass is 35.5. The summed E-state index contributed by atoms with van der Waals surface area (Å²) in [5.74, 6) is -0.943. The molecule has 1 amide bonds. The average Bonchev–Trinajstić information content (AvgIpc) is 2.73. The van der Waals surface area contributed by atoms with Crippen molar-refractivity contribution >= 4 is 29.2 Å². The molecule has 0 aliphatic carbocycles. The maximum Gasteiger partial charge on any atom is 0.311 e. The van der Waals surface area contributed by atoms with E-state index in [1.807, 2.05) is 6.92 Å². The third-order valence-corrected chi connectivity index (χ3v) is 3.20. The summed E-state index contributed by atoms with van der Waals surface area (Å²) in [7, 11) is 1.32. The molecule has 96 valence electrons. The molecule has 1 aromatic heterocycles. The van der Waals surface area contributed by atoms with E-state index in [-0.39, 0.29) is 30.0 Å². The Morgan fingerprint density at radius 1 is 1.61 bits per heavy atom. The van der Waals surface area contributed by atoms with E-state index in [0.29, 0.717) is 5.69 Å². The van der Waals surface area contributed by atoms with E-state index in [0.717, 1.165) is 5.56 Å². The van der Waals surface area contributed by atoms with Crippen molar-refractivity contribution in [2.75, 3.05) is 18.6 Å². The third-order valence-electron chi connectivity index (χ3n) is 2.91. The molecule has 18 heavy (non-hydrogen) atoms. The van der Waals surface area contributed by atoms with Gasteiger partial charge in [0.1, 0.15) is 0 Å². The minimum absolute atomic E-state index is 0.139. The van der Waals surface area contributed by atoms with E-state index in [1.165, 1.54) is 12.0 Å². The van der Waals surface area contributed by atoms with Gasteiger partial charge in [-0.05, 0) is 18.6 Å². The summed E-state index contributed by atoms with van der Waals surface area (Å²) in [6.45, 7) is 2.15. The van der Waals surface area contributed by atoms with Gasteiger partial charge < -0.3 is 9.64 Å². The fourth-order valence-electron chi connectivity index (χ4n) is 1.99. The number of amides is 1. The smallest absolute Gasteiger partial charge is 0.311 e. The van der Waals surface area contributed by atoms with Gasteiger partial charge in [0, 0.05) is 19.2 Å². The highest BCUT2D eigenvalue weighted by Gasteiger charge is 2.36. The number of rotatable bonds is 2. The van der Waals surface area contributed by atoms with Crippen molar-refractivity contribution in [1.82, 2.24) is 4.98 Å². The summed E-state index contributed by atoms with van der Waals surface area (Å²) in [6, 6.07) is 1.78. The second-order valence-corrected chi connectivity index (χ2v) is 4.61. The lowest BCUT2D eigenvalue weighted by Gasteiger charge is -2.17. The predicted molar refractivity (Wildman–Crippen MR) is 66.5 cm³/mol. The van der Waals surface area contributed by atoms with Gasteiger partial charge in [-0.15, -0.1) is 0 Å². The first kappa shape index (κ1) is 12.8. The predicted octanol–water partition coefficient (Wildman–Crippen LogP) is 1.57. The zero-order chi connectivity index (χ0) is 13.3. The molecule has 0 spiro atoms.